The van der Waals surface area contributed by atoms with Crippen LogP contribution in [0.25, 0.3) is 0 Å². The van der Waals surface area contributed by atoms with E-state index in [-0.39, 0.29) is 12.1 Å². The van der Waals surface area contributed by atoms with Crippen LogP contribution in [0.15, 0.2) is 79.3 Å². The average Bonchev–Trinajstić information content (AvgIpc) is 3.36. The molecule has 1 aliphatic rings. The van der Waals surface area contributed by atoms with Crippen molar-refractivity contribution in [3.05, 3.63) is 107 Å². The molecule has 10 heteroatoms. The minimum Gasteiger partial charge on any atom is -0.351 e. The van der Waals surface area contributed by atoms with E-state index in [1.165, 1.54) is 0 Å². The van der Waals surface area contributed by atoms with Crippen LogP contribution < -0.4 is 14.9 Å². The minimum absolute atomic E-state index is 0.162. The molecule has 37 heavy (non-hydrogen) atoms. The lowest BCUT2D eigenvalue weighted by atomic mass is 9.96. The number of nitrogens with one attached hydrogen (secondary N) is 2. The van der Waals surface area contributed by atoms with Gasteiger partial charge in [-0.2, -0.15) is 0 Å². The highest BCUT2D eigenvalue weighted by molar-refractivity contribution is 7.92. The largest absolute Gasteiger partial charge is 0.351 e. The molecule has 0 unspecified atom stereocenters. The van der Waals surface area contributed by atoms with E-state index in [0.717, 1.165) is 46.7 Å². The monoisotopic (exact) mass is 532 g/mol. The van der Waals surface area contributed by atoms with E-state index >= 15 is 0 Å². The third kappa shape index (κ3) is 5.21. The van der Waals surface area contributed by atoms with E-state index in [4.69, 9.17) is 12.2 Å². The van der Waals surface area contributed by atoms with Crippen molar-refractivity contribution in [3.63, 3.8) is 0 Å². The van der Waals surface area contributed by atoms with E-state index in [0.29, 0.717) is 10.8 Å². The molecule has 1 fully saturated rings. The maximum absolute atomic E-state index is 11.7. The van der Waals surface area contributed by atoms with Crippen LogP contribution in [0.2, 0.25) is 0 Å². The molecule has 0 radical (unpaired) electrons. The standard InChI is InChI=1S/C27H28N6O2S2/c1-18-15-23(19(2)32(18)17-20-7-6-13-28-16-20)26-25(24-8-4-5-14-29-24)30-27(36)33(26)22-11-9-21(10-12-22)31-37(3,34)35/h4-16,25-26,31H,17H2,1-3H3,(H,30,36)/t25-,26-/m1/s1. The highest BCUT2D eigenvalue weighted by Crippen LogP contribution is 2.43. The maximum Gasteiger partial charge on any atom is 0.229 e. The van der Waals surface area contributed by atoms with Gasteiger partial charge in [0.1, 0.15) is 0 Å². The summed E-state index contributed by atoms with van der Waals surface area (Å²) in [7, 11) is -3.37. The summed E-state index contributed by atoms with van der Waals surface area (Å²) >= 11 is 5.85. The molecule has 1 saturated heterocycles. The summed E-state index contributed by atoms with van der Waals surface area (Å²) in [5.74, 6) is 0. The second-order valence-corrected chi connectivity index (χ2v) is 11.3. The molecule has 2 atom stereocenters. The van der Waals surface area contributed by atoms with Gasteiger partial charge in [-0.25, -0.2) is 8.42 Å². The molecule has 0 amide bonds. The molecular weight excluding hydrogens is 504 g/mol. The van der Waals surface area contributed by atoms with Crippen LogP contribution in [0, 0.1) is 13.8 Å². The molecule has 0 bridgehead atoms. The number of benzene rings is 1. The summed E-state index contributed by atoms with van der Waals surface area (Å²) in [4.78, 5) is 11.0. The Labute approximate surface area is 222 Å². The van der Waals surface area contributed by atoms with Gasteiger partial charge in [-0.15, -0.1) is 0 Å². The van der Waals surface area contributed by atoms with Gasteiger partial charge in [0, 0.05) is 47.9 Å². The van der Waals surface area contributed by atoms with Crippen LogP contribution in [0.4, 0.5) is 11.4 Å². The van der Waals surface area contributed by atoms with Crippen LogP contribution in [0.5, 0.6) is 0 Å². The molecule has 1 aromatic carbocycles. The Hall–Kier alpha value is -3.76. The first kappa shape index (κ1) is 24.9. The van der Waals surface area contributed by atoms with E-state index in [2.05, 4.69) is 55.5 Å². The average molecular weight is 533 g/mol. The summed E-state index contributed by atoms with van der Waals surface area (Å²) in [5.41, 5.74) is 6.80. The molecule has 1 aliphatic heterocycles. The fourth-order valence-corrected chi connectivity index (χ4v) is 5.81. The van der Waals surface area contributed by atoms with Crippen molar-refractivity contribution in [2.24, 2.45) is 0 Å². The molecule has 190 valence electrons. The second-order valence-electron chi connectivity index (χ2n) is 9.19. The molecule has 0 spiro atoms. The van der Waals surface area contributed by atoms with Gasteiger partial charge in [0.25, 0.3) is 0 Å². The van der Waals surface area contributed by atoms with Gasteiger partial charge in [0.05, 0.1) is 24.0 Å². The Bertz CT molecular complexity index is 1520. The number of anilines is 2. The topological polar surface area (TPSA) is 92.2 Å². The smallest absolute Gasteiger partial charge is 0.229 e. The fraction of sp³-hybridized carbons (Fsp3) is 0.222. The van der Waals surface area contributed by atoms with Crippen molar-refractivity contribution in [1.82, 2.24) is 19.9 Å². The quantitative estimate of drug-likeness (QED) is 0.339. The SMILES string of the molecule is Cc1cc([C@@H]2[C@@H](c3ccccn3)NC(=S)N2c2ccc(NS(C)(=O)=O)cc2)c(C)n1Cc1cccnc1. The maximum atomic E-state index is 11.7. The van der Waals surface area contributed by atoms with Crippen molar-refractivity contribution in [2.75, 3.05) is 15.9 Å². The lowest BCUT2D eigenvalue weighted by molar-refractivity contribution is 0.563. The number of thiocarbonyl (C=S) groups is 1. The minimum atomic E-state index is -3.37. The number of aryl methyl sites for hydroxylation is 1. The summed E-state index contributed by atoms with van der Waals surface area (Å²) in [5, 5.41) is 4.07. The van der Waals surface area contributed by atoms with E-state index in [9.17, 15) is 8.42 Å². The number of sulfonamides is 1. The Morgan fingerprint density at radius 1 is 1.05 bits per heavy atom. The van der Waals surface area contributed by atoms with Crippen LogP contribution >= 0.6 is 12.2 Å². The van der Waals surface area contributed by atoms with Crippen molar-refractivity contribution in [2.45, 2.75) is 32.5 Å². The highest BCUT2D eigenvalue weighted by Gasteiger charge is 2.42. The Morgan fingerprint density at radius 3 is 2.49 bits per heavy atom. The zero-order chi connectivity index (χ0) is 26.2. The normalized spacial score (nSPS) is 17.6. The van der Waals surface area contributed by atoms with Gasteiger partial charge >= 0.3 is 0 Å². The number of rotatable bonds is 7. The molecular formula is C27H28N6O2S2. The van der Waals surface area contributed by atoms with Gasteiger partial charge in [0.15, 0.2) is 5.11 Å². The predicted octanol–water partition coefficient (Wildman–Crippen LogP) is 4.49. The Kier molecular flexibility index (Phi) is 6.70. The first-order valence-electron chi connectivity index (χ1n) is 11.9. The number of pyridine rings is 2. The summed E-state index contributed by atoms with van der Waals surface area (Å²) < 4.78 is 28.1. The van der Waals surface area contributed by atoms with Gasteiger partial charge in [-0.3, -0.25) is 14.7 Å². The molecule has 8 nitrogen and oxygen atoms in total. The Morgan fingerprint density at radius 2 is 1.84 bits per heavy atom. The molecule has 0 saturated carbocycles. The summed E-state index contributed by atoms with van der Waals surface area (Å²) in [6.45, 7) is 4.96. The van der Waals surface area contributed by atoms with E-state index in [1.807, 2.05) is 42.6 Å². The third-order valence-electron chi connectivity index (χ3n) is 6.54. The highest BCUT2D eigenvalue weighted by atomic mass is 32.2. The fourth-order valence-electron chi connectivity index (χ4n) is 4.90. The number of aromatic nitrogens is 3. The van der Waals surface area contributed by atoms with Gasteiger partial charge < -0.3 is 14.8 Å². The van der Waals surface area contributed by atoms with Crippen molar-refractivity contribution >= 4 is 38.7 Å². The van der Waals surface area contributed by atoms with Crippen molar-refractivity contribution in [3.8, 4) is 0 Å². The van der Waals surface area contributed by atoms with E-state index in [1.54, 1.807) is 24.5 Å². The Balaban J connectivity index is 1.58. The molecule has 4 heterocycles. The summed E-state index contributed by atoms with van der Waals surface area (Å²) in [6.07, 6.45) is 6.59. The molecule has 5 rings (SSSR count). The molecule has 0 aliphatic carbocycles. The molecule has 2 N–H and O–H groups in total. The summed E-state index contributed by atoms with van der Waals surface area (Å²) in [6, 6.07) is 19.0. The van der Waals surface area contributed by atoms with E-state index < -0.39 is 10.0 Å². The number of hydrogen-bond acceptors (Lipinski definition) is 5. The first-order chi connectivity index (χ1) is 17.7. The zero-order valence-corrected chi connectivity index (χ0v) is 22.4. The van der Waals surface area contributed by atoms with Crippen LogP contribution in [0.1, 0.15) is 40.3 Å². The number of hydrogen-bond donors (Lipinski definition) is 2. The lowest BCUT2D eigenvalue weighted by Gasteiger charge is -2.28. The van der Waals surface area contributed by atoms with Crippen molar-refractivity contribution < 1.29 is 8.42 Å². The number of nitrogens with zero attached hydrogens (tertiary/aromatic N) is 4. The zero-order valence-electron chi connectivity index (χ0n) is 20.8. The van der Waals surface area contributed by atoms with Crippen LogP contribution in [-0.4, -0.2) is 34.3 Å². The van der Waals surface area contributed by atoms with Crippen LogP contribution in [-0.2, 0) is 16.6 Å². The van der Waals surface area contributed by atoms with Gasteiger partial charge in [0.2, 0.25) is 10.0 Å². The van der Waals surface area contributed by atoms with Crippen molar-refractivity contribution in [1.29, 1.82) is 0 Å². The van der Waals surface area contributed by atoms with Crippen LogP contribution in [0.3, 0.4) is 0 Å². The second kappa shape index (κ2) is 9.95. The van der Waals surface area contributed by atoms with Gasteiger partial charge in [-0.05, 0) is 85.7 Å². The lowest BCUT2D eigenvalue weighted by Crippen LogP contribution is -2.29. The third-order valence-corrected chi connectivity index (χ3v) is 7.46. The predicted molar refractivity (Wildman–Crippen MR) is 150 cm³/mol. The molecule has 3 aromatic heterocycles. The molecule has 4 aromatic rings. The van der Waals surface area contributed by atoms with Gasteiger partial charge in [-0.1, -0.05) is 12.1 Å². The first-order valence-corrected chi connectivity index (χ1v) is 14.2.